The highest BCUT2D eigenvalue weighted by atomic mass is 32.2. The van der Waals surface area contributed by atoms with Gasteiger partial charge in [0, 0.05) is 5.57 Å². The largest absolute Gasteiger partial charge is 0.481 e. The van der Waals surface area contributed by atoms with Crippen molar-refractivity contribution in [3.63, 3.8) is 0 Å². The number of rotatable bonds is 7. The van der Waals surface area contributed by atoms with Gasteiger partial charge in [-0.2, -0.15) is 8.42 Å². The number of aliphatic carboxylic acids is 2. The molecule has 0 unspecified atom stereocenters. The second-order valence-corrected chi connectivity index (χ2v) is 6.24. The molecule has 0 radical (unpaired) electrons. The van der Waals surface area contributed by atoms with Crippen LogP contribution < -0.4 is 5.32 Å². The lowest BCUT2D eigenvalue weighted by Gasteiger charge is -2.23. The van der Waals surface area contributed by atoms with Crippen molar-refractivity contribution in [1.82, 2.24) is 5.32 Å². The van der Waals surface area contributed by atoms with Crippen LogP contribution in [0.25, 0.3) is 0 Å². The molecule has 126 valence electrons. The van der Waals surface area contributed by atoms with Gasteiger partial charge < -0.3 is 15.5 Å². The molecule has 0 aromatic rings. The van der Waals surface area contributed by atoms with Gasteiger partial charge >= 0.3 is 11.9 Å². The predicted octanol–water partition coefficient (Wildman–Crippen LogP) is 0.0569. The lowest BCUT2D eigenvalue weighted by Crippen LogP contribution is -2.47. The molecule has 0 aliphatic heterocycles. The molecule has 0 saturated carbocycles. The topological polar surface area (TPSA) is 158 Å². The van der Waals surface area contributed by atoms with E-state index in [2.05, 4.69) is 18.5 Å². The van der Waals surface area contributed by atoms with Gasteiger partial charge in [0.15, 0.2) is 0 Å². The van der Waals surface area contributed by atoms with Gasteiger partial charge in [-0.1, -0.05) is 13.2 Å². The molecular weight excluding hydrogens is 318 g/mol. The summed E-state index contributed by atoms with van der Waals surface area (Å²) in [5, 5.41) is 18.4. The van der Waals surface area contributed by atoms with Gasteiger partial charge in [-0.15, -0.1) is 0 Å². The molecule has 0 aromatic carbocycles. The highest BCUT2D eigenvalue weighted by molar-refractivity contribution is 7.85. The Morgan fingerprint density at radius 1 is 1.23 bits per heavy atom. The van der Waals surface area contributed by atoms with Crippen molar-refractivity contribution in [3.05, 3.63) is 24.8 Å². The summed E-state index contributed by atoms with van der Waals surface area (Å²) in [6.45, 7) is 9.21. The Morgan fingerprint density at radius 2 is 1.68 bits per heavy atom. The summed E-state index contributed by atoms with van der Waals surface area (Å²) < 4.78 is 29.5. The van der Waals surface area contributed by atoms with Crippen LogP contribution in [0.15, 0.2) is 24.8 Å². The zero-order valence-corrected chi connectivity index (χ0v) is 13.0. The third kappa shape index (κ3) is 14.2. The van der Waals surface area contributed by atoms with Crippen LogP contribution in [0.4, 0.5) is 0 Å². The first-order valence-corrected chi connectivity index (χ1v) is 7.33. The zero-order valence-electron chi connectivity index (χ0n) is 12.2. The van der Waals surface area contributed by atoms with Crippen LogP contribution in [-0.2, 0) is 24.5 Å². The van der Waals surface area contributed by atoms with Crippen molar-refractivity contribution < 1.29 is 37.6 Å². The first kappa shape index (κ1) is 22.1. The number of hydrogen-bond acceptors (Lipinski definition) is 5. The number of nitrogens with one attached hydrogen (secondary N) is 1. The normalized spacial score (nSPS) is 10.7. The van der Waals surface area contributed by atoms with Crippen molar-refractivity contribution >= 4 is 28.0 Å². The third-order valence-corrected chi connectivity index (χ3v) is 2.94. The number of hydrogen-bond donors (Lipinski definition) is 4. The average molecular weight is 337 g/mol. The molecule has 10 heteroatoms. The molecule has 0 heterocycles. The van der Waals surface area contributed by atoms with Crippen molar-refractivity contribution in [3.8, 4) is 0 Å². The van der Waals surface area contributed by atoms with Crippen molar-refractivity contribution in [2.75, 3.05) is 5.75 Å². The summed E-state index contributed by atoms with van der Waals surface area (Å²) in [4.78, 5) is 30.5. The summed E-state index contributed by atoms with van der Waals surface area (Å²) in [5.41, 5.74) is -1.30. The maximum atomic E-state index is 10.8. The maximum absolute atomic E-state index is 10.8. The molecule has 0 saturated heterocycles. The van der Waals surface area contributed by atoms with E-state index in [9.17, 15) is 22.8 Å². The van der Waals surface area contributed by atoms with E-state index in [1.165, 1.54) is 13.8 Å². The van der Waals surface area contributed by atoms with Crippen LogP contribution >= 0.6 is 0 Å². The molecule has 0 atom stereocenters. The maximum Gasteiger partial charge on any atom is 0.331 e. The van der Waals surface area contributed by atoms with Crippen LogP contribution in [0.1, 0.15) is 20.3 Å². The lowest BCUT2D eigenvalue weighted by atomic mass is 10.1. The average Bonchev–Trinajstić information content (AvgIpc) is 2.24. The van der Waals surface area contributed by atoms with Crippen LogP contribution in [-0.4, -0.2) is 52.3 Å². The molecule has 0 aromatic heterocycles. The number of carbonyl (C=O) groups excluding carboxylic acids is 1. The highest BCUT2D eigenvalue weighted by Gasteiger charge is 2.25. The van der Waals surface area contributed by atoms with E-state index in [1.54, 1.807) is 0 Å². The summed E-state index contributed by atoms with van der Waals surface area (Å²) in [5.74, 6) is -3.45. The van der Waals surface area contributed by atoms with E-state index in [0.29, 0.717) is 0 Å². The van der Waals surface area contributed by atoms with Crippen LogP contribution in [0.5, 0.6) is 0 Å². The molecule has 0 rings (SSSR count). The monoisotopic (exact) mass is 337 g/mol. The number of carbonyl (C=O) groups is 3. The predicted molar refractivity (Wildman–Crippen MR) is 77.9 cm³/mol. The molecule has 4 N–H and O–H groups in total. The first-order valence-electron chi connectivity index (χ1n) is 5.73. The van der Waals surface area contributed by atoms with E-state index in [-0.39, 0.29) is 5.57 Å². The van der Waals surface area contributed by atoms with Gasteiger partial charge in [-0.25, -0.2) is 4.79 Å². The molecule has 1 amide bonds. The minimum atomic E-state index is -4.08. The minimum absolute atomic E-state index is 0.303. The Kier molecular flexibility index (Phi) is 8.98. The fraction of sp³-hybridized carbons (Fsp3) is 0.417. The van der Waals surface area contributed by atoms with Crippen LogP contribution in [0.3, 0.4) is 0 Å². The molecule has 0 fully saturated rings. The van der Waals surface area contributed by atoms with Crippen LogP contribution in [0.2, 0.25) is 0 Å². The van der Waals surface area contributed by atoms with Crippen molar-refractivity contribution in [2.45, 2.75) is 25.8 Å². The molecule has 0 aliphatic carbocycles. The lowest BCUT2D eigenvalue weighted by molar-refractivity contribution is -0.139. The second-order valence-electron chi connectivity index (χ2n) is 4.78. The first-order chi connectivity index (χ1) is 9.70. The van der Waals surface area contributed by atoms with Gasteiger partial charge in [0.25, 0.3) is 10.1 Å². The van der Waals surface area contributed by atoms with Crippen molar-refractivity contribution in [1.29, 1.82) is 0 Å². The zero-order chi connectivity index (χ0) is 18.1. The summed E-state index contributed by atoms with van der Waals surface area (Å²) in [7, 11) is -4.08. The van der Waals surface area contributed by atoms with Crippen molar-refractivity contribution in [2.24, 2.45) is 0 Å². The van der Waals surface area contributed by atoms with E-state index in [0.717, 1.165) is 6.08 Å². The molecule has 0 spiro atoms. The number of carboxylic acid groups (broad SMARTS) is 2. The van der Waals surface area contributed by atoms with Gasteiger partial charge in [0.1, 0.15) is 0 Å². The Labute approximate surface area is 128 Å². The highest BCUT2D eigenvalue weighted by Crippen LogP contribution is 2.05. The van der Waals surface area contributed by atoms with Gasteiger partial charge in [0.2, 0.25) is 5.91 Å². The smallest absolute Gasteiger partial charge is 0.331 e. The molecule has 9 nitrogen and oxygen atoms in total. The number of amides is 1. The quantitative estimate of drug-likeness (QED) is 0.375. The van der Waals surface area contributed by atoms with E-state index < -0.39 is 45.7 Å². The Hall–Kier alpha value is -2.20. The molecular formula is C12H19NO8S. The fourth-order valence-corrected chi connectivity index (χ4v) is 2.12. The Bertz CT molecular complexity index is 562. The third-order valence-electron chi connectivity index (χ3n) is 1.86. The van der Waals surface area contributed by atoms with Gasteiger partial charge in [0.05, 0.1) is 17.7 Å². The van der Waals surface area contributed by atoms with E-state index in [4.69, 9.17) is 14.8 Å². The molecule has 0 aliphatic rings. The standard InChI is InChI=1S/C7H13NO4S.C5H6O4/c1-4-6(9)8-7(2,3)5-13(10,11)12;1-3(5(8)9)2-4(6)7/h4H,1,5H2,2-3H3,(H,8,9)(H,10,11,12);1-2H2,(H,6,7)(H,8,9). The fourth-order valence-electron chi connectivity index (χ4n) is 1.13. The summed E-state index contributed by atoms with van der Waals surface area (Å²) >= 11 is 0. The Morgan fingerprint density at radius 3 is 1.91 bits per heavy atom. The van der Waals surface area contributed by atoms with Gasteiger partial charge in [-0.05, 0) is 19.9 Å². The van der Waals surface area contributed by atoms with Gasteiger partial charge in [-0.3, -0.25) is 14.1 Å². The minimum Gasteiger partial charge on any atom is -0.481 e. The van der Waals surface area contributed by atoms with E-state index in [1.807, 2.05) is 0 Å². The van der Waals surface area contributed by atoms with Crippen LogP contribution in [0, 0.1) is 0 Å². The van der Waals surface area contributed by atoms with E-state index >= 15 is 0 Å². The Balaban J connectivity index is 0. The summed E-state index contributed by atoms with van der Waals surface area (Å²) in [6, 6.07) is 0. The molecule has 0 bridgehead atoms. The molecule has 22 heavy (non-hydrogen) atoms. The SMILES string of the molecule is C=C(CC(=O)O)C(=O)O.C=CC(=O)NC(C)(C)CS(=O)(=O)O. The summed E-state index contributed by atoms with van der Waals surface area (Å²) in [6.07, 6.45) is 0.529. The number of carboxylic acids is 2. The second kappa shape index (κ2) is 8.95.